The molecule has 0 saturated carbocycles. The van der Waals surface area contributed by atoms with E-state index in [4.69, 9.17) is 17.2 Å². The van der Waals surface area contributed by atoms with E-state index in [1.165, 1.54) is 16.7 Å². The molecule has 0 spiro atoms. The molecule has 2 aromatic heterocycles. The quantitative estimate of drug-likeness (QED) is 0.382. The van der Waals surface area contributed by atoms with E-state index in [0.717, 1.165) is 41.0 Å². The van der Waals surface area contributed by atoms with Gasteiger partial charge in [-0.25, -0.2) is 4.98 Å². The third-order valence-corrected chi connectivity index (χ3v) is 6.11. The zero-order chi connectivity index (χ0) is 22.5. The Balaban J connectivity index is 1.45. The van der Waals surface area contributed by atoms with Gasteiger partial charge in [-0.15, -0.1) is 0 Å². The van der Waals surface area contributed by atoms with Gasteiger partial charge >= 0.3 is 0 Å². The van der Waals surface area contributed by atoms with Gasteiger partial charge in [-0.3, -0.25) is 4.98 Å². The van der Waals surface area contributed by atoms with Crippen LogP contribution in [-0.4, -0.2) is 26.6 Å². The number of anilines is 1. The molecule has 2 heterocycles. The number of imidazole rings is 1. The van der Waals surface area contributed by atoms with Crippen molar-refractivity contribution in [2.75, 3.05) is 11.4 Å². The van der Waals surface area contributed by atoms with Gasteiger partial charge in [-0.1, -0.05) is 25.1 Å². The average molecular weight is 444 g/mol. The maximum absolute atomic E-state index is 5.80. The van der Waals surface area contributed by atoms with Crippen molar-refractivity contribution >= 4 is 34.1 Å². The van der Waals surface area contributed by atoms with Crippen molar-refractivity contribution in [3.8, 4) is 0 Å². The standard InChI is InChI=1S/C26H29N5S/c1-4-20-7-9-22(10-8-20)31(17-21-6-5-12-27-16-21)26(32)28-13-11-25-29-23-14-18(2)19(3)15-24(23)30-25/h5-10,12,14-16H,4,11,13,17H2,1-3H3,(H,28,32)(H,29,30). The molecule has 5 nitrogen and oxygen atoms in total. The first-order valence-electron chi connectivity index (χ1n) is 11.0. The molecular formula is C26H29N5S. The normalized spacial score (nSPS) is 11.0. The number of aryl methyl sites for hydroxylation is 3. The number of thiocarbonyl (C=S) groups is 1. The summed E-state index contributed by atoms with van der Waals surface area (Å²) in [6.07, 6.45) is 5.45. The number of hydrogen-bond acceptors (Lipinski definition) is 3. The van der Waals surface area contributed by atoms with Crippen LogP contribution < -0.4 is 10.2 Å². The molecule has 0 aliphatic heterocycles. The maximum Gasteiger partial charge on any atom is 0.173 e. The van der Waals surface area contributed by atoms with Crippen LogP contribution in [0.25, 0.3) is 11.0 Å². The number of benzene rings is 2. The molecule has 0 radical (unpaired) electrons. The van der Waals surface area contributed by atoms with E-state index in [9.17, 15) is 0 Å². The summed E-state index contributed by atoms with van der Waals surface area (Å²) in [6.45, 7) is 7.77. The highest BCUT2D eigenvalue weighted by atomic mass is 32.1. The number of fused-ring (bicyclic) bond motifs is 1. The van der Waals surface area contributed by atoms with Crippen LogP contribution in [0.5, 0.6) is 0 Å². The fraction of sp³-hybridized carbons (Fsp3) is 0.269. The van der Waals surface area contributed by atoms with E-state index in [2.05, 4.69) is 83.4 Å². The molecule has 32 heavy (non-hydrogen) atoms. The second-order valence-corrected chi connectivity index (χ2v) is 8.47. The average Bonchev–Trinajstić information content (AvgIpc) is 3.19. The van der Waals surface area contributed by atoms with Crippen molar-refractivity contribution < 1.29 is 0 Å². The predicted octanol–water partition coefficient (Wildman–Crippen LogP) is 5.26. The maximum atomic E-state index is 5.80. The first-order valence-corrected chi connectivity index (χ1v) is 11.4. The van der Waals surface area contributed by atoms with E-state index in [-0.39, 0.29) is 0 Å². The highest BCUT2D eigenvalue weighted by Gasteiger charge is 2.14. The molecule has 6 heteroatoms. The lowest BCUT2D eigenvalue weighted by molar-refractivity contribution is 0.814. The second-order valence-electron chi connectivity index (χ2n) is 8.09. The Morgan fingerprint density at radius 3 is 2.56 bits per heavy atom. The van der Waals surface area contributed by atoms with Gasteiger partial charge in [0.15, 0.2) is 5.11 Å². The fourth-order valence-electron chi connectivity index (χ4n) is 3.69. The number of pyridine rings is 1. The molecule has 2 aromatic carbocycles. The van der Waals surface area contributed by atoms with Gasteiger partial charge in [-0.2, -0.15) is 0 Å². The Bertz CT molecular complexity index is 1160. The summed E-state index contributed by atoms with van der Waals surface area (Å²) in [4.78, 5) is 14.5. The highest BCUT2D eigenvalue weighted by molar-refractivity contribution is 7.80. The molecule has 0 bridgehead atoms. The third-order valence-electron chi connectivity index (χ3n) is 5.75. The van der Waals surface area contributed by atoms with E-state index >= 15 is 0 Å². The van der Waals surface area contributed by atoms with Crippen molar-refractivity contribution in [2.24, 2.45) is 0 Å². The molecule has 4 aromatic rings. The Morgan fingerprint density at radius 1 is 1.06 bits per heavy atom. The van der Waals surface area contributed by atoms with Crippen molar-refractivity contribution in [1.82, 2.24) is 20.3 Å². The summed E-state index contributed by atoms with van der Waals surface area (Å²) in [7, 11) is 0. The summed E-state index contributed by atoms with van der Waals surface area (Å²) in [5.41, 5.74) is 8.11. The first kappa shape index (κ1) is 22.0. The Labute approximate surface area is 194 Å². The number of nitrogens with zero attached hydrogens (tertiary/aromatic N) is 3. The Kier molecular flexibility index (Phi) is 6.81. The third kappa shape index (κ3) is 5.14. The molecule has 0 aliphatic carbocycles. The topological polar surface area (TPSA) is 56.8 Å². The fourth-order valence-corrected chi connectivity index (χ4v) is 3.96. The van der Waals surface area contributed by atoms with E-state index < -0.39 is 0 Å². The molecule has 2 N–H and O–H groups in total. The van der Waals surface area contributed by atoms with E-state index in [1.807, 2.05) is 12.3 Å². The summed E-state index contributed by atoms with van der Waals surface area (Å²) in [6, 6.07) is 16.9. The SMILES string of the molecule is CCc1ccc(N(Cc2cccnc2)C(=S)NCCc2nc3cc(C)c(C)cc3[nH]2)cc1. The smallest absolute Gasteiger partial charge is 0.173 e. The van der Waals surface area contributed by atoms with Gasteiger partial charge in [0, 0.05) is 31.0 Å². The second kappa shape index (κ2) is 9.92. The predicted molar refractivity (Wildman–Crippen MR) is 136 cm³/mol. The molecule has 4 rings (SSSR count). The minimum Gasteiger partial charge on any atom is -0.362 e. The zero-order valence-electron chi connectivity index (χ0n) is 18.9. The molecule has 164 valence electrons. The van der Waals surface area contributed by atoms with Crippen LogP contribution in [0, 0.1) is 13.8 Å². The van der Waals surface area contributed by atoms with E-state index in [0.29, 0.717) is 18.2 Å². The first-order chi connectivity index (χ1) is 15.5. The summed E-state index contributed by atoms with van der Waals surface area (Å²) in [5.74, 6) is 0.964. The number of aromatic nitrogens is 3. The molecule has 0 unspecified atom stereocenters. The Hall–Kier alpha value is -3.25. The van der Waals surface area contributed by atoms with Gasteiger partial charge in [-0.05, 0) is 85.1 Å². The van der Waals surface area contributed by atoms with Crippen LogP contribution in [0.2, 0.25) is 0 Å². The molecule has 0 saturated heterocycles. The number of H-pyrrole nitrogens is 1. The summed E-state index contributed by atoms with van der Waals surface area (Å²) < 4.78 is 0. The highest BCUT2D eigenvalue weighted by Crippen LogP contribution is 2.20. The number of rotatable bonds is 7. The van der Waals surface area contributed by atoms with Gasteiger partial charge in [0.1, 0.15) is 5.82 Å². The van der Waals surface area contributed by atoms with Crippen LogP contribution in [0.1, 0.15) is 35.0 Å². The lowest BCUT2D eigenvalue weighted by Gasteiger charge is -2.26. The van der Waals surface area contributed by atoms with Crippen LogP contribution in [0.4, 0.5) is 5.69 Å². The lowest BCUT2D eigenvalue weighted by atomic mass is 10.1. The summed E-state index contributed by atoms with van der Waals surface area (Å²) in [5, 5.41) is 4.12. The van der Waals surface area contributed by atoms with Crippen molar-refractivity contribution in [1.29, 1.82) is 0 Å². The van der Waals surface area contributed by atoms with Crippen molar-refractivity contribution in [3.05, 3.63) is 89.0 Å². The largest absolute Gasteiger partial charge is 0.362 e. The molecule has 0 aliphatic rings. The van der Waals surface area contributed by atoms with Crippen LogP contribution in [-0.2, 0) is 19.4 Å². The van der Waals surface area contributed by atoms with Crippen molar-refractivity contribution in [2.45, 2.75) is 40.2 Å². The van der Waals surface area contributed by atoms with Crippen LogP contribution in [0.3, 0.4) is 0 Å². The molecule has 0 atom stereocenters. The minimum atomic E-state index is 0.661. The summed E-state index contributed by atoms with van der Waals surface area (Å²) >= 11 is 5.80. The van der Waals surface area contributed by atoms with Gasteiger partial charge in [0.25, 0.3) is 0 Å². The molecule has 0 fully saturated rings. The number of hydrogen-bond donors (Lipinski definition) is 2. The lowest BCUT2D eigenvalue weighted by Crippen LogP contribution is -2.40. The minimum absolute atomic E-state index is 0.661. The van der Waals surface area contributed by atoms with Crippen molar-refractivity contribution in [3.63, 3.8) is 0 Å². The number of nitrogens with one attached hydrogen (secondary N) is 2. The van der Waals surface area contributed by atoms with E-state index in [1.54, 1.807) is 6.20 Å². The van der Waals surface area contributed by atoms with Crippen LogP contribution in [0.15, 0.2) is 60.9 Å². The monoisotopic (exact) mass is 443 g/mol. The van der Waals surface area contributed by atoms with Crippen LogP contribution >= 0.6 is 12.2 Å². The zero-order valence-corrected chi connectivity index (χ0v) is 19.7. The van der Waals surface area contributed by atoms with Gasteiger partial charge in [0.2, 0.25) is 0 Å². The van der Waals surface area contributed by atoms with Gasteiger partial charge in [0.05, 0.1) is 17.6 Å². The Morgan fingerprint density at radius 2 is 1.84 bits per heavy atom. The van der Waals surface area contributed by atoms with Gasteiger partial charge < -0.3 is 15.2 Å². The molecular weight excluding hydrogens is 414 g/mol. The number of aromatic amines is 1. The molecule has 0 amide bonds.